The van der Waals surface area contributed by atoms with Gasteiger partial charge < -0.3 is 15.4 Å². The van der Waals surface area contributed by atoms with Crippen LogP contribution in [0.1, 0.15) is 43.9 Å². The highest BCUT2D eigenvalue weighted by molar-refractivity contribution is 7.91. The zero-order valence-electron chi connectivity index (χ0n) is 18.7. The first-order chi connectivity index (χ1) is 15.7. The molecule has 3 aromatic rings. The van der Waals surface area contributed by atoms with E-state index in [1.165, 1.54) is 12.5 Å². The van der Waals surface area contributed by atoms with E-state index in [4.69, 9.17) is 4.74 Å². The molecule has 2 aromatic heterocycles. The van der Waals surface area contributed by atoms with Crippen molar-refractivity contribution in [3.8, 4) is 11.8 Å². The van der Waals surface area contributed by atoms with Crippen molar-refractivity contribution < 1.29 is 17.9 Å². The number of rotatable bonds is 8. The molecule has 1 aliphatic rings. The van der Waals surface area contributed by atoms with Gasteiger partial charge in [-0.1, -0.05) is 22.5 Å². The van der Waals surface area contributed by atoms with Gasteiger partial charge in [-0.3, -0.25) is 9.36 Å². The number of sulfonamides is 1. The van der Waals surface area contributed by atoms with E-state index in [0.29, 0.717) is 23.8 Å². The Balaban J connectivity index is 1.54. The minimum atomic E-state index is -3.91. The molecule has 0 unspecified atom stereocenters. The summed E-state index contributed by atoms with van der Waals surface area (Å²) in [5.41, 5.74) is 2.58. The highest BCUT2D eigenvalue weighted by Crippen LogP contribution is 2.31. The van der Waals surface area contributed by atoms with Crippen molar-refractivity contribution in [3.05, 3.63) is 35.3 Å². The first-order valence-corrected chi connectivity index (χ1v) is 12.7. The van der Waals surface area contributed by atoms with Crippen LogP contribution in [0.15, 0.2) is 22.4 Å². The van der Waals surface area contributed by atoms with Crippen LogP contribution in [0.3, 0.4) is 0 Å². The summed E-state index contributed by atoms with van der Waals surface area (Å²) in [6.07, 6.45) is 0.980. The first kappa shape index (κ1) is 23.1. The quantitative estimate of drug-likeness (QED) is 0.437. The van der Waals surface area contributed by atoms with Gasteiger partial charge in [0, 0.05) is 31.8 Å². The largest absolute Gasteiger partial charge is 0.424 e. The summed E-state index contributed by atoms with van der Waals surface area (Å²) in [7, 11) is -3.91. The van der Waals surface area contributed by atoms with Crippen LogP contribution in [0.25, 0.3) is 0 Å². The molecule has 1 amide bonds. The molecule has 0 saturated carbocycles. The molecule has 11 nitrogen and oxygen atoms in total. The lowest BCUT2D eigenvalue weighted by Crippen LogP contribution is -2.28. The fraction of sp³-hybridized carbons (Fsp3) is 0.400. The Kier molecular flexibility index (Phi) is 6.36. The molecule has 3 N–H and O–H groups in total. The number of nitrogens with one attached hydrogen (secondary N) is 3. The molecular formula is C20H25N7O4S2. The van der Waals surface area contributed by atoms with E-state index >= 15 is 0 Å². The Morgan fingerprint density at radius 2 is 2.15 bits per heavy atom. The number of hydrogen-bond acceptors (Lipinski definition) is 9. The van der Waals surface area contributed by atoms with Gasteiger partial charge in [-0.2, -0.15) is 4.72 Å². The number of aromatic nitrogens is 4. The number of ether oxygens (including phenoxy) is 1. The first-order valence-electron chi connectivity index (χ1n) is 10.4. The fourth-order valence-corrected chi connectivity index (χ4v) is 6.29. The molecule has 1 atom stereocenters. The maximum Gasteiger partial charge on any atom is 0.322 e. The van der Waals surface area contributed by atoms with Crippen LogP contribution in [0.4, 0.5) is 10.8 Å². The lowest BCUT2D eigenvalue weighted by molar-refractivity contribution is -0.114. The van der Waals surface area contributed by atoms with E-state index in [9.17, 15) is 13.2 Å². The smallest absolute Gasteiger partial charge is 0.322 e. The summed E-state index contributed by atoms with van der Waals surface area (Å²) in [4.78, 5) is 15.4. The van der Waals surface area contributed by atoms with Gasteiger partial charge in [0.15, 0.2) is 15.2 Å². The van der Waals surface area contributed by atoms with E-state index in [0.717, 1.165) is 30.0 Å². The summed E-state index contributed by atoms with van der Waals surface area (Å²) in [5.74, 6) is 0.715. The van der Waals surface area contributed by atoms with Crippen LogP contribution < -0.4 is 20.1 Å². The second kappa shape index (κ2) is 9.08. The lowest BCUT2D eigenvalue weighted by atomic mass is 10.2. The van der Waals surface area contributed by atoms with Crippen LogP contribution in [0, 0.1) is 6.92 Å². The van der Waals surface area contributed by atoms with Gasteiger partial charge in [0.1, 0.15) is 5.75 Å². The highest BCUT2D eigenvalue weighted by atomic mass is 32.2. The number of hydrogen-bond donors (Lipinski definition) is 3. The van der Waals surface area contributed by atoms with E-state index in [1.54, 1.807) is 18.4 Å². The molecule has 1 aromatic carbocycles. The van der Waals surface area contributed by atoms with Gasteiger partial charge in [-0.15, -0.1) is 5.10 Å². The van der Waals surface area contributed by atoms with Crippen molar-refractivity contribution >= 4 is 38.1 Å². The number of carbonyl (C=O) groups excluding carboxylic acids is 1. The average Bonchev–Trinajstić information content (AvgIpc) is 3.45. The molecule has 3 heterocycles. The Morgan fingerprint density at radius 3 is 2.88 bits per heavy atom. The predicted molar refractivity (Wildman–Crippen MR) is 124 cm³/mol. The molecule has 0 saturated heterocycles. The Morgan fingerprint density at radius 1 is 1.36 bits per heavy atom. The number of thiazole rings is 1. The van der Waals surface area contributed by atoms with Gasteiger partial charge in [0.05, 0.1) is 11.7 Å². The Hall–Kier alpha value is -3.03. The summed E-state index contributed by atoms with van der Waals surface area (Å²) in [6.45, 7) is 7.88. The number of anilines is 2. The number of aryl methyl sites for hydroxylation is 1. The molecule has 0 radical (unpaired) electrons. The van der Waals surface area contributed by atoms with Crippen molar-refractivity contribution in [2.75, 3.05) is 17.2 Å². The topological polar surface area (TPSA) is 140 Å². The third-order valence-electron chi connectivity index (χ3n) is 5.06. The van der Waals surface area contributed by atoms with Gasteiger partial charge in [-0.05, 0) is 38.8 Å². The van der Waals surface area contributed by atoms with Crippen molar-refractivity contribution in [1.82, 2.24) is 24.5 Å². The Bertz CT molecular complexity index is 1300. The zero-order valence-corrected chi connectivity index (χ0v) is 20.3. The third-order valence-corrected chi connectivity index (χ3v) is 8.29. The van der Waals surface area contributed by atoms with Crippen LogP contribution in [0.2, 0.25) is 0 Å². The molecule has 33 heavy (non-hydrogen) atoms. The molecule has 0 bridgehead atoms. The van der Waals surface area contributed by atoms with Crippen molar-refractivity contribution in [2.45, 2.75) is 50.9 Å². The number of amides is 1. The van der Waals surface area contributed by atoms with E-state index in [1.807, 2.05) is 25.1 Å². The van der Waals surface area contributed by atoms with Crippen molar-refractivity contribution in [2.24, 2.45) is 0 Å². The number of nitrogens with zero attached hydrogens (tertiary/aromatic N) is 4. The molecule has 0 aliphatic carbocycles. The molecule has 4 rings (SSSR count). The average molecular weight is 492 g/mol. The normalized spacial score (nSPS) is 13.9. The maximum absolute atomic E-state index is 13.0. The predicted octanol–water partition coefficient (Wildman–Crippen LogP) is 2.82. The second-order valence-electron chi connectivity index (χ2n) is 7.60. The number of fused-ring (bicyclic) bond motifs is 1. The monoisotopic (exact) mass is 491 g/mol. The van der Waals surface area contributed by atoms with Crippen molar-refractivity contribution in [1.29, 1.82) is 0 Å². The third kappa shape index (κ3) is 4.84. The van der Waals surface area contributed by atoms with E-state index in [2.05, 4.69) is 30.5 Å². The van der Waals surface area contributed by atoms with Gasteiger partial charge >= 0.3 is 6.01 Å². The highest BCUT2D eigenvalue weighted by Gasteiger charge is 2.28. The number of carbonyl (C=O) groups is 1. The number of benzene rings is 1. The summed E-state index contributed by atoms with van der Waals surface area (Å²) in [6, 6.07) is 5.40. The minimum Gasteiger partial charge on any atom is -0.424 e. The van der Waals surface area contributed by atoms with E-state index < -0.39 is 16.1 Å². The Labute approximate surface area is 195 Å². The summed E-state index contributed by atoms with van der Waals surface area (Å²) in [5, 5.41) is 14.4. The summed E-state index contributed by atoms with van der Waals surface area (Å²) >= 11 is 0.892. The maximum atomic E-state index is 13.0. The fourth-order valence-electron chi connectivity index (χ4n) is 3.61. The standard InChI is InChI=1S/C20H25N7O4S2/c1-5-27-17(24-25-20(27)31-15-7-6-14-8-9-21-16(14)10-15)11(2)26-33(29,30)18-12(3)22-19(32-18)23-13(4)28/h6-7,10-11,21,26H,5,8-9H2,1-4H3,(H,22,23,28)/t11-/m1/s1. The van der Waals surface area contributed by atoms with E-state index in [-0.39, 0.29) is 21.3 Å². The van der Waals surface area contributed by atoms with Crippen LogP contribution in [0.5, 0.6) is 11.8 Å². The molecule has 1 aliphatic heterocycles. The lowest BCUT2D eigenvalue weighted by Gasteiger charge is -2.15. The zero-order chi connectivity index (χ0) is 23.8. The minimum absolute atomic E-state index is 0.0304. The van der Waals surface area contributed by atoms with Gasteiger partial charge in [0.25, 0.3) is 10.0 Å². The SMILES string of the molecule is CCn1c(Oc2ccc3c(c2)NCC3)nnc1[C@@H](C)NS(=O)(=O)c1sc(NC(C)=O)nc1C. The van der Waals surface area contributed by atoms with Crippen LogP contribution in [-0.4, -0.2) is 40.6 Å². The van der Waals surface area contributed by atoms with Crippen LogP contribution >= 0.6 is 11.3 Å². The molecule has 13 heteroatoms. The molecule has 176 valence electrons. The van der Waals surface area contributed by atoms with Crippen molar-refractivity contribution in [3.63, 3.8) is 0 Å². The van der Waals surface area contributed by atoms with Crippen LogP contribution in [-0.2, 0) is 27.8 Å². The molecule has 0 spiro atoms. The molecular weight excluding hydrogens is 466 g/mol. The van der Waals surface area contributed by atoms with Gasteiger partial charge in [0.2, 0.25) is 5.91 Å². The second-order valence-corrected chi connectivity index (χ2v) is 10.5. The van der Waals surface area contributed by atoms with Gasteiger partial charge in [-0.25, -0.2) is 13.4 Å². The summed E-state index contributed by atoms with van der Waals surface area (Å²) < 4.78 is 36.3. The molecule has 0 fully saturated rings.